The van der Waals surface area contributed by atoms with E-state index in [9.17, 15) is 12.8 Å². The molecule has 0 N–H and O–H groups in total. The molecule has 0 saturated carbocycles. The van der Waals surface area contributed by atoms with Gasteiger partial charge in [0.25, 0.3) is 0 Å². The van der Waals surface area contributed by atoms with Gasteiger partial charge in [0.15, 0.2) is 9.84 Å². The maximum absolute atomic E-state index is 13.1. The van der Waals surface area contributed by atoms with E-state index in [0.717, 1.165) is 22.3 Å². The summed E-state index contributed by atoms with van der Waals surface area (Å²) < 4.78 is 39.2. The van der Waals surface area contributed by atoms with Gasteiger partial charge in [-0.2, -0.15) is 4.39 Å². The van der Waals surface area contributed by atoms with Crippen LogP contribution < -0.4 is 0 Å². The highest BCUT2D eigenvalue weighted by molar-refractivity contribution is 7.92. The number of rotatable bonds is 3. The average molecular weight is 395 g/mol. The number of hydrogen-bond acceptors (Lipinski definition) is 5. The summed E-state index contributed by atoms with van der Waals surface area (Å²) in [4.78, 5) is 10.5. The summed E-state index contributed by atoms with van der Waals surface area (Å²) >= 11 is 0. The molecule has 0 spiro atoms. The molecule has 28 heavy (non-hydrogen) atoms. The third-order valence-electron chi connectivity index (χ3n) is 5.65. The fourth-order valence-electron chi connectivity index (χ4n) is 4.33. The van der Waals surface area contributed by atoms with Gasteiger partial charge in [-0.25, -0.2) is 13.4 Å². The molecule has 7 heteroatoms. The van der Waals surface area contributed by atoms with Crippen molar-refractivity contribution in [1.29, 1.82) is 0 Å². The molecule has 2 aliphatic rings. The Morgan fingerprint density at radius 1 is 1.07 bits per heavy atom. The van der Waals surface area contributed by atoms with Crippen molar-refractivity contribution in [2.75, 3.05) is 13.1 Å². The summed E-state index contributed by atoms with van der Waals surface area (Å²) in [6.45, 7) is 1.90. The molecule has 1 saturated heterocycles. The van der Waals surface area contributed by atoms with Crippen molar-refractivity contribution in [3.05, 3.63) is 78.1 Å². The van der Waals surface area contributed by atoms with Crippen LogP contribution in [0.2, 0.25) is 0 Å². The van der Waals surface area contributed by atoms with Gasteiger partial charge >= 0.3 is 0 Å². The number of hydrogen-bond donors (Lipinski definition) is 0. The maximum Gasteiger partial charge on any atom is 0.212 e. The molecule has 5 nitrogen and oxygen atoms in total. The van der Waals surface area contributed by atoms with Crippen LogP contribution in [0.5, 0.6) is 0 Å². The van der Waals surface area contributed by atoms with Gasteiger partial charge in [-0.1, -0.05) is 12.1 Å². The minimum Gasteiger partial charge on any atom is -0.297 e. The Morgan fingerprint density at radius 3 is 2.68 bits per heavy atom. The normalized spacial score (nSPS) is 22.8. The first kappa shape index (κ1) is 17.5. The zero-order chi connectivity index (χ0) is 19.3. The van der Waals surface area contributed by atoms with E-state index in [0.29, 0.717) is 24.5 Å². The van der Waals surface area contributed by atoms with Crippen molar-refractivity contribution >= 4 is 9.84 Å². The molecule has 0 bridgehead atoms. The van der Waals surface area contributed by atoms with Gasteiger partial charge < -0.3 is 0 Å². The molecule has 5 rings (SSSR count). The number of nitrogens with zero attached hydrogens (tertiary/aromatic N) is 3. The Bertz CT molecular complexity index is 1130. The van der Waals surface area contributed by atoms with Crippen molar-refractivity contribution in [2.45, 2.75) is 22.6 Å². The Hall–Kier alpha value is -2.64. The average Bonchev–Trinajstić information content (AvgIpc) is 3.21. The Kier molecular flexibility index (Phi) is 4.03. The molecule has 4 heterocycles. The standard InChI is InChI=1S/C21H18FN3O2S/c22-21-6-4-16(10-24-21)15-3-5-19-17(8-15)18-12-25(13-20(18)28(19,26)27)11-14-2-1-7-23-9-14/h1-10,18,20H,11-13H2/t18-,20+/m1/s1. The van der Waals surface area contributed by atoms with Gasteiger partial charge in [-0.15, -0.1) is 0 Å². The molecule has 0 aliphatic carbocycles. The summed E-state index contributed by atoms with van der Waals surface area (Å²) in [5.41, 5.74) is 3.56. The highest BCUT2D eigenvalue weighted by Gasteiger charge is 2.50. The molecular formula is C21H18FN3O2S. The topological polar surface area (TPSA) is 63.2 Å². The SMILES string of the molecule is O=S1(=O)c2ccc(-c3ccc(F)nc3)cc2[C@H]2CN(Cc3cccnc3)C[C@@H]21. The van der Waals surface area contributed by atoms with Gasteiger partial charge in [-0.05, 0) is 47.0 Å². The molecule has 2 aliphatic heterocycles. The molecule has 0 unspecified atom stereocenters. The van der Waals surface area contributed by atoms with Crippen LogP contribution in [0, 0.1) is 5.95 Å². The second-order valence-electron chi connectivity index (χ2n) is 7.37. The van der Waals surface area contributed by atoms with E-state index in [2.05, 4.69) is 14.9 Å². The summed E-state index contributed by atoms with van der Waals surface area (Å²) in [7, 11) is -3.35. The first-order chi connectivity index (χ1) is 13.5. The second kappa shape index (κ2) is 6.46. The first-order valence-electron chi connectivity index (χ1n) is 9.13. The number of likely N-dealkylation sites (tertiary alicyclic amines) is 1. The van der Waals surface area contributed by atoms with Gasteiger partial charge in [-0.3, -0.25) is 9.88 Å². The van der Waals surface area contributed by atoms with E-state index in [-0.39, 0.29) is 5.92 Å². The van der Waals surface area contributed by atoms with Crippen LogP contribution >= 0.6 is 0 Å². The van der Waals surface area contributed by atoms with Gasteiger partial charge in [0.1, 0.15) is 0 Å². The zero-order valence-electron chi connectivity index (χ0n) is 15.0. The monoisotopic (exact) mass is 395 g/mol. The van der Waals surface area contributed by atoms with Crippen molar-refractivity contribution in [2.24, 2.45) is 0 Å². The lowest BCUT2D eigenvalue weighted by molar-refractivity contribution is 0.325. The molecule has 1 aromatic carbocycles. The van der Waals surface area contributed by atoms with Crippen molar-refractivity contribution in [1.82, 2.24) is 14.9 Å². The predicted molar refractivity (Wildman–Crippen MR) is 103 cm³/mol. The van der Waals surface area contributed by atoms with Gasteiger partial charge in [0.05, 0.1) is 10.1 Å². The number of aromatic nitrogens is 2. The van der Waals surface area contributed by atoms with Gasteiger partial charge in [0.2, 0.25) is 5.95 Å². The van der Waals surface area contributed by atoms with Crippen LogP contribution in [-0.2, 0) is 16.4 Å². The van der Waals surface area contributed by atoms with E-state index >= 15 is 0 Å². The second-order valence-corrected chi connectivity index (χ2v) is 9.50. The lowest BCUT2D eigenvalue weighted by Crippen LogP contribution is -2.25. The quantitative estimate of drug-likeness (QED) is 0.638. The fraction of sp³-hybridized carbons (Fsp3) is 0.238. The lowest BCUT2D eigenvalue weighted by atomic mass is 9.95. The smallest absolute Gasteiger partial charge is 0.212 e. The molecule has 0 amide bonds. The zero-order valence-corrected chi connectivity index (χ0v) is 15.8. The third kappa shape index (κ3) is 2.82. The number of halogens is 1. The van der Waals surface area contributed by atoms with Crippen LogP contribution in [-0.4, -0.2) is 41.6 Å². The Morgan fingerprint density at radius 2 is 1.93 bits per heavy atom. The highest BCUT2D eigenvalue weighted by Crippen LogP contribution is 2.46. The van der Waals surface area contributed by atoms with Crippen LogP contribution in [0.3, 0.4) is 0 Å². The summed E-state index contributed by atoms with van der Waals surface area (Å²) in [5.74, 6) is -0.584. The highest BCUT2D eigenvalue weighted by atomic mass is 32.2. The molecule has 2 atom stereocenters. The van der Waals surface area contributed by atoms with Crippen molar-refractivity contribution in [3.8, 4) is 11.1 Å². The van der Waals surface area contributed by atoms with Crippen LogP contribution in [0.15, 0.2) is 66.0 Å². The third-order valence-corrected chi connectivity index (χ3v) is 7.91. The summed E-state index contributed by atoms with van der Waals surface area (Å²) in [6, 6.07) is 12.3. The maximum atomic E-state index is 13.1. The van der Waals surface area contributed by atoms with Crippen LogP contribution in [0.4, 0.5) is 4.39 Å². The molecule has 142 valence electrons. The van der Waals surface area contributed by atoms with E-state index in [1.165, 1.54) is 12.3 Å². The number of benzene rings is 1. The van der Waals surface area contributed by atoms with E-state index in [1.807, 2.05) is 24.4 Å². The van der Waals surface area contributed by atoms with E-state index in [4.69, 9.17) is 0 Å². The van der Waals surface area contributed by atoms with Crippen LogP contribution in [0.1, 0.15) is 17.0 Å². The minimum absolute atomic E-state index is 0.0509. The Labute approximate surface area is 162 Å². The number of sulfone groups is 1. The molecule has 1 fully saturated rings. The molecule has 3 aromatic rings. The number of pyridine rings is 2. The largest absolute Gasteiger partial charge is 0.297 e. The summed E-state index contributed by atoms with van der Waals surface area (Å²) in [6.07, 6.45) is 5.02. The Balaban J connectivity index is 1.48. The van der Waals surface area contributed by atoms with Gasteiger partial charge in [0, 0.05) is 49.7 Å². The summed E-state index contributed by atoms with van der Waals surface area (Å²) in [5, 5.41) is -0.416. The van der Waals surface area contributed by atoms with Crippen molar-refractivity contribution < 1.29 is 12.8 Å². The fourth-order valence-corrected chi connectivity index (χ4v) is 6.53. The van der Waals surface area contributed by atoms with E-state index in [1.54, 1.807) is 24.4 Å². The van der Waals surface area contributed by atoms with Crippen LogP contribution in [0.25, 0.3) is 11.1 Å². The molecule has 2 aromatic heterocycles. The lowest BCUT2D eigenvalue weighted by Gasteiger charge is -2.17. The van der Waals surface area contributed by atoms with Crippen molar-refractivity contribution in [3.63, 3.8) is 0 Å². The predicted octanol–water partition coefficient (Wildman–Crippen LogP) is 3.04. The number of fused-ring (bicyclic) bond motifs is 3. The molecular weight excluding hydrogens is 377 g/mol. The first-order valence-corrected chi connectivity index (χ1v) is 10.7. The van der Waals surface area contributed by atoms with E-state index < -0.39 is 21.0 Å². The minimum atomic E-state index is -3.35. The molecule has 0 radical (unpaired) electrons.